The van der Waals surface area contributed by atoms with E-state index in [-0.39, 0.29) is 0 Å². The summed E-state index contributed by atoms with van der Waals surface area (Å²) >= 11 is 1.77. The van der Waals surface area contributed by atoms with Gasteiger partial charge < -0.3 is 4.57 Å². The molecule has 0 aliphatic heterocycles. The van der Waals surface area contributed by atoms with Crippen molar-refractivity contribution >= 4 is 53.4 Å². The molecule has 0 unspecified atom stereocenters. The van der Waals surface area contributed by atoms with Crippen molar-refractivity contribution in [2.45, 2.75) is 0 Å². The number of hydrogen-bond acceptors (Lipinski definition) is 3. The van der Waals surface area contributed by atoms with Gasteiger partial charge in [0.15, 0.2) is 5.82 Å². The molecule has 0 radical (unpaired) electrons. The van der Waals surface area contributed by atoms with Crippen LogP contribution in [0.2, 0.25) is 0 Å². The van der Waals surface area contributed by atoms with Crippen molar-refractivity contribution in [2.75, 3.05) is 0 Å². The molecule has 0 aliphatic carbocycles. The van der Waals surface area contributed by atoms with Gasteiger partial charge in [-0.1, -0.05) is 152 Å². The SMILES string of the molecule is c1ccc(-c2cccc(-c3nc(-c4ccccc4)nc4c3sc3ccc(-c5cccc(-c6ccc7c8ccccc8n(-c8ccccc8)c7c6)c5)cc34)c2)cc1. The van der Waals surface area contributed by atoms with Crippen LogP contribution in [0.25, 0.3) is 104 Å². The first-order valence-electron chi connectivity index (χ1n) is 18.9. The van der Waals surface area contributed by atoms with Gasteiger partial charge in [0, 0.05) is 37.7 Å². The molecule has 0 saturated heterocycles. The highest BCUT2D eigenvalue weighted by molar-refractivity contribution is 7.26. The summed E-state index contributed by atoms with van der Waals surface area (Å²) in [4.78, 5) is 10.5. The van der Waals surface area contributed by atoms with Gasteiger partial charge in [-0.2, -0.15) is 0 Å². The third-order valence-electron chi connectivity index (χ3n) is 10.8. The first kappa shape index (κ1) is 32.3. The largest absolute Gasteiger partial charge is 0.309 e. The highest BCUT2D eigenvalue weighted by Crippen LogP contribution is 2.42. The van der Waals surface area contributed by atoms with E-state index in [9.17, 15) is 0 Å². The Morgan fingerprint density at radius 3 is 1.68 bits per heavy atom. The highest BCUT2D eigenvalue weighted by Gasteiger charge is 2.18. The molecular weight excluding hydrogens is 699 g/mol. The van der Waals surface area contributed by atoms with Crippen LogP contribution in [0.1, 0.15) is 0 Å². The van der Waals surface area contributed by atoms with E-state index in [1.165, 1.54) is 54.3 Å². The molecule has 0 amide bonds. The number of nitrogens with zero attached hydrogens (tertiary/aromatic N) is 3. The van der Waals surface area contributed by atoms with Crippen molar-refractivity contribution in [3.8, 4) is 61.7 Å². The van der Waals surface area contributed by atoms with Crippen LogP contribution in [0.4, 0.5) is 0 Å². The number of fused-ring (bicyclic) bond motifs is 6. The molecule has 3 heterocycles. The second-order valence-corrected chi connectivity index (χ2v) is 15.3. The average molecular weight is 732 g/mol. The topological polar surface area (TPSA) is 30.7 Å². The van der Waals surface area contributed by atoms with Gasteiger partial charge >= 0.3 is 0 Å². The van der Waals surface area contributed by atoms with Gasteiger partial charge in [-0.3, -0.25) is 0 Å². The van der Waals surface area contributed by atoms with E-state index in [1.807, 2.05) is 6.07 Å². The predicted molar refractivity (Wildman–Crippen MR) is 236 cm³/mol. The lowest BCUT2D eigenvalue weighted by atomic mass is 9.97. The van der Waals surface area contributed by atoms with Crippen molar-refractivity contribution in [2.24, 2.45) is 0 Å². The van der Waals surface area contributed by atoms with Crippen molar-refractivity contribution in [3.05, 3.63) is 200 Å². The molecule has 8 aromatic carbocycles. The van der Waals surface area contributed by atoms with E-state index in [2.05, 4.69) is 199 Å². The van der Waals surface area contributed by atoms with Crippen LogP contribution >= 0.6 is 11.3 Å². The number of benzene rings is 8. The second kappa shape index (κ2) is 13.3. The number of aromatic nitrogens is 3. The number of thiophene rings is 1. The van der Waals surface area contributed by atoms with Crippen LogP contribution in [0.5, 0.6) is 0 Å². The van der Waals surface area contributed by atoms with Gasteiger partial charge in [0.2, 0.25) is 0 Å². The van der Waals surface area contributed by atoms with Gasteiger partial charge in [-0.15, -0.1) is 11.3 Å². The Labute approximate surface area is 328 Å². The quantitative estimate of drug-likeness (QED) is 0.170. The van der Waals surface area contributed by atoms with Crippen molar-refractivity contribution in [1.82, 2.24) is 14.5 Å². The Hall–Kier alpha value is -7.14. The van der Waals surface area contributed by atoms with E-state index in [1.54, 1.807) is 11.3 Å². The van der Waals surface area contributed by atoms with Crippen LogP contribution in [0, 0.1) is 0 Å². The smallest absolute Gasteiger partial charge is 0.160 e. The lowest BCUT2D eigenvalue weighted by Gasteiger charge is -2.10. The van der Waals surface area contributed by atoms with Crippen LogP contribution in [-0.2, 0) is 0 Å². The third-order valence-corrected chi connectivity index (χ3v) is 12.0. The molecule has 262 valence electrons. The average Bonchev–Trinajstić information content (AvgIpc) is 3.82. The molecule has 0 aliphatic rings. The van der Waals surface area contributed by atoms with Crippen LogP contribution in [0.15, 0.2) is 200 Å². The standard InChI is InChI=1S/C52H33N3S/c1-4-14-34(15-5-1)36-18-13-21-41(31-36)49-51-50(54-52(53-49)35-16-6-2-7-17-35)45-32-39(27-29-48(45)56-51)37-19-12-20-38(30-37)40-26-28-44-43-24-10-11-25-46(43)55(47(44)33-40)42-22-8-3-9-23-42/h1-33H. The molecule has 11 aromatic rings. The van der Waals surface area contributed by atoms with E-state index in [4.69, 9.17) is 9.97 Å². The summed E-state index contributed by atoms with van der Waals surface area (Å²) in [5.41, 5.74) is 14.6. The van der Waals surface area contributed by atoms with Crippen LogP contribution in [0.3, 0.4) is 0 Å². The molecular formula is C52H33N3S. The molecule has 4 heteroatoms. The molecule has 0 saturated carbocycles. The van der Waals surface area contributed by atoms with Gasteiger partial charge in [-0.05, 0) is 81.9 Å². The summed E-state index contributed by atoms with van der Waals surface area (Å²) in [6.07, 6.45) is 0. The fraction of sp³-hybridized carbons (Fsp3) is 0. The molecule has 0 atom stereocenters. The first-order valence-corrected chi connectivity index (χ1v) is 19.7. The lowest BCUT2D eigenvalue weighted by molar-refractivity contribution is 1.18. The number of hydrogen-bond donors (Lipinski definition) is 0. The molecule has 3 nitrogen and oxygen atoms in total. The minimum atomic E-state index is 0.730. The summed E-state index contributed by atoms with van der Waals surface area (Å²) in [6.45, 7) is 0. The molecule has 0 spiro atoms. The normalized spacial score (nSPS) is 11.6. The summed E-state index contributed by atoms with van der Waals surface area (Å²) in [5.74, 6) is 0.730. The summed E-state index contributed by atoms with van der Waals surface area (Å²) < 4.78 is 4.67. The maximum absolute atomic E-state index is 5.28. The molecule has 56 heavy (non-hydrogen) atoms. The van der Waals surface area contributed by atoms with Crippen molar-refractivity contribution in [1.29, 1.82) is 0 Å². The Morgan fingerprint density at radius 2 is 0.911 bits per heavy atom. The van der Waals surface area contributed by atoms with E-state index < -0.39 is 0 Å². The summed E-state index contributed by atoms with van der Waals surface area (Å²) in [7, 11) is 0. The predicted octanol–water partition coefficient (Wildman–Crippen LogP) is 14.3. The lowest BCUT2D eigenvalue weighted by Crippen LogP contribution is -1.93. The highest BCUT2D eigenvalue weighted by atomic mass is 32.1. The van der Waals surface area contributed by atoms with Crippen molar-refractivity contribution < 1.29 is 0 Å². The van der Waals surface area contributed by atoms with Crippen molar-refractivity contribution in [3.63, 3.8) is 0 Å². The Balaban J connectivity index is 1.05. The summed E-state index contributed by atoms with van der Waals surface area (Å²) in [5, 5.41) is 3.65. The van der Waals surface area contributed by atoms with Gasteiger partial charge in [0.05, 0.1) is 26.9 Å². The Morgan fingerprint density at radius 1 is 0.357 bits per heavy atom. The Bertz CT molecular complexity index is 3240. The van der Waals surface area contributed by atoms with Gasteiger partial charge in [0.1, 0.15) is 0 Å². The van der Waals surface area contributed by atoms with Gasteiger partial charge in [0.25, 0.3) is 0 Å². The molecule has 11 rings (SSSR count). The van der Waals surface area contributed by atoms with E-state index in [0.29, 0.717) is 0 Å². The molecule has 3 aromatic heterocycles. The fourth-order valence-corrected chi connectivity index (χ4v) is 9.23. The monoisotopic (exact) mass is 731 g/mol. The summed E-state index contributed by atoms with van der Waals surface area (Å²) in [6, 6.07) is 71.5. The Kier molecular flexibility index (Phi) is 7.68. The zero-order valence-electron chi connectivity index (χ0n) is 30.3. The zero-order chi connectivity index (χ0) is 37.0. The number of rotatable bonds is 6. The van der Waals surface area contributed by atoms with E-state index >= 15 is 0 Å². The minimum Gasteiger partial charge on any atom is -0.309 e. The second-order valence-electron chi connectivity index (χ2n) is 14.2. The maximum Gasteiger partial charge on any atom is 0.160 e. The zero-order valence-corrected chi connectivity index (χ0v) is 31.1. The van der Waals surface area contributed by atoms with Gasteiger partial charge in [-0.25, -0.2) is 9.97 Å². The first-order chi connectivity index (χ1) is 27.7. The molecule has 0 fully saturated rings. The number of para-hydroxylation sites is 2. The maximum atomic E-state index is 5.28. The minimum absolute atomic E-state index is 0.730. The third kappa shape index (κ3) is 5.50. The fourth-order valence-electron chi connectivity index (χ4n) is 8.10. The molecule has 0 bridgehead atoms. The van der Waals surface area contributed by atoms with Crippen LogP contribution < -0.4 is 0 Å². The van der Waals surface area contributed by atoms with E-state index in [0.717, 1.165) is 49.5 Å². The molecule has 0 N–H and O–H groups in total. The van der Waals surface area contributed by atoms with Crippen LogP contribution in [-0.4, -0.2) is 14.5 Å².